The Hall–Kier alpha value is -3.89. The van der Waals surface area contributed by atoms with E-state index in [9.17, 15) is 4.79 Å². The van der Waals surface area contributed by atoms with Crippen LogP contribution in [0.25, 0.3) is 5.53 Å². The van der Waals surface area contributed by atoms with Crippen molar-refractivity contribution >= 4 is 23.4 Å². The fourth-order valence-electron chi connectivity index (χ4n) is 4.99. The maximum Gasteiger partial charge on any atom is 0.328 e. The number of carbonyl (C=O) groups excluding carboxylic acids is 1. The van der Waals surface area contributed by atoms with Crippen molar-refractivity contribution in [3.63, 3.8) is 0 Å². The Kier molecular flexibility index (Phi) is 7.33. The van der Waals surface area contributed by atoms with Crippen LogP contribution in [-0.2, 0) is 0 Å². The number of fused-ring (bicyclic) bond motifs is 2. The molecule has 1 aliphatic rings. The van der Waals surface area contributed by atoms with Crippen molar-refractivity contribution in [1.29, 1.82) is 0 Å². The topological polar surface area (TPSA) is 69.2 Å². The number of anilines is 2. The van der Waals surface area contributed by atoms with Crippen LogP contribution in [0.5, 0.6) is 11.5 Å². The van der Waals surface area contributed by atoms with Crippen LogP contribution in [-0.4, -0.2) is 43.0 Å². The van der Waals surface area contributed by atoms with E-state index in [0.717, 1.165) is 72.0 Å². The van der Waals surface area contributed by atoms with Gasteiger partial charge in [0.2, 0.25) is 0 Å². The van der Waals surface area contributed by atoms with Crippen molar-refractivity contribution < 1.29 is 14.3 Å². The van der Waals surface area contributed by atoms with Gasteiger partial charge in [-0.25, -0.2) is 0 Å². The van der Waals surface area contributed by atoms with E-state index in [1.165, 1.54) is 0 Å². The van der Waals surface area contributed by atoms with Crippen LogP contribution in [0.15, 0.2) is 60.7 Å². The smallest absolute Gasteiger partial charge is 0.328 e. The molecule has 0 spiro atoms. The highest BCUT2D eigenvalue weighted by atomic mass is 16.5. The first-order valence-electron chi connectivity index (χ1n) is 12.3. The highest BCUT2D eigenvalue weighted by Gasteiger charge is 2.32. The van der Waals surface area contributed by atoms with Crippen molar-refractivity contribution in [3.05, 3.63) is 88.4 Å². The van der Waals surface area contributed by atoms with E-state index in [2.05, 4.69) is 78.7 Å². The summed E-state index contributed by atoms with van der Waals surface area (Å²) in [6.45, 7) is 12.2. The van der Waals surface area contributed by atoms with Gasteiger partial charge in [-0.15, -0.1) is 0 Å². The van der Waals surface area contributed by atoms with Gasteiger partial charge in [-0.05, 0) is 45.4 Å². The van der Waals surface area contributed by atoms with Gasteiger partial charge in [-0.3, -0.25) is 4.79 Å². The van der Waals surface area contributed by atoms with Crippen molar-refractivity contribution in [1.82, 2.24) is 0 Å². The molecule has 35 heavy (non-hydrogen) atoms. The van der Waals surface area contributed by atoms with Gasteiger partial charge in [0.05, 0.1) is 0 Å². The van der Waals surface area contributed by atoms with Crippen molar-refractivity contribution in [2.75, 3.05) is 36.0 Å². The van der Waals surface area contributed by atoms with Crippen LogP contribution in [0.3, 0.4) is 0 Å². The van der Waals surface area contributed by atoms with E-state index >= 15 is 0 Å². The number of ether oxygens (including phenoxy) is 1. The lowest BCUT2D eigenvalue weighted by Gasteiger charge is -2.32. The van der Waals surface area contributed by atoms with Crippen LogP contribution in [0.2, 0.25) is 0 Å². The Morgan fingerprint density at radius 3 is 1.83 bits per heavy atom. The first kappa shape index (κ1) is 24.2. The molecular weight excluding hydrogens is 436 g/mol. The quantitative estimate of drug-likeness (QED) is 0.128. The summed E-state index contributed by atoms with van der Waals surface area (Å²) in [5.74, 6) is 1.05. The molecule has 0 bridgehead atoms. The van der Waals surface area contributed by atoms with E-state index in [1.807, 2.05) is 18.2 Å². The number of carbonyl (C=O) groups is 1. The van der Waals surface area contributed by atoms with Crippen molar-refractivity contribution in [2.24, 2.45) is 0 Å². The van der Waals surface area contributed by atoms with Gasteiger partial charge < -0.3 is 20.1 Å². The molecule has 0 fully saturated rings. The number of ketones is 1. The molecule has 6 heteroatoms. The maximum atomic E-state index is 12.8. The number of Topliss-reactive ketones (excluding diaryl/α,β-unsaturated/α-hetero) is 1. The van der Waals surface area contributed by atoms with Gasteiger partial charge in [-0.2, -0.15) is 4.79 Å². The fourth-order valence-corrected chi connectivity index (χ4v) is 4.99. The SMILES string of the molecule is CCN(CC)c1ccc2c(c1)Oc1cc(N(CC)CC)ccc1C2c1ccccc1C(=O)C=[N+]=[N-]. The predicted molar refractivity (Wildman–Crippen MR) is 141 cm³/mol. The van der Waals surface area contributed by atoms with Gasteiger partial charge in [-0.1, -0.05) is 36.4 Å². The van der Waals surface area contributed by atoms with E-state index in [-0.39, 0.29) is 11.7 Å². The summed E-state index contributed by atoms with van der Waals surface area (Å²) in [7, 11) is 0. The Morgan fingerprint density at radius 1 is 0.829 bits per heavy atom. The van der Waals surface area contributed by atoms with Crippen molar-refractivity contribution in [2.45, 2.75) is 33.6 Å². The first-order chi connectivity index (χ1) is 17.1. The molecule has 3 aromatic carbocycles. The normalized spacial score (nSPS) is 12.1. The Labute approximate surface area is 207 Å². The zero-order chi connectivity index (χ0) is 24.9. The lowest BCUT2D eigenvalue weighted by atomic mass is 9.80. The van der Waals surface area contributed by atoms with Crippen LogP contribution < -0.4 is 14.5 Å². The average molecular weight is 469 g/mol. The first-order valence-corrected chi connectivity index (χ1v) is 12.3. The second-order valence-corrected chi connectivity index (χ2v) is 8.52. The third-order valence-corrected chi connectivity index (χ3v) is 6.81. The summed E-state index contributed by atoms with van der Waals surface area (Å²) >= 11 is 0. The summed E-state index contributed by atoms with van der Waals surface area (Å²) in [5.41, 5.74) is 14.6. The maximum absolute atomic E-state index is 12.8. The lowest BCUT2D eigenvalue weighted by molar-refractivity contribution is 0.00233. The minimum absolute atomic E-state index is 0.197. The molecule has 0 saturated carbocycles. The zero-order valence-electron chi connectivity index (χ0n) is 20.9. The summed E-state index contributed by atoms with van der Waals surface area (Å²) < 4.78 is 6.53. The third kappa shape index (κ3) is 4.58. The molecule has 1 heterocycles. The molecule has 0 N–H and O–H groups in total. The van der Waals surface area contributed by atoms with Gasteiger partial charge in [0.15, 0.2) is 0 Å². The van der Waals surface area contributed by atoms with Gasteiger partial charge in [0.25, 0.3) is 5.78 Å². The molecule has 1 aliphatic heterocycles. The minimum atomic E-state index is -0.336. The molecule has 4 rings (SSSR count). The van der Waals surface area contributed by atoms with Crippen LogP contribution >= 0.6 is 0 Å². The number of hydrogen-bond acceptors (Lipinski definition) is 4. The summed E-state index contributed by atoms with van der Waals surface area (Å²) in [6, 6.07) is 20.2. The van der Waals surface area contributed by atoms with Gasteiger partial charge >= 0.3 is 6.21 Å². The number of nitrogens with zero attached hydrogens (tertiary/aromatic N) is 4. The standard InChI is InChI=1S/C29H32N4O2/c1-5-32(6-2)20-13-15-24-27(17-20)35-28-18-21(33(7-3)8-4)14-16-25(28)29(24)23-12-10-9-11-22(23)26(34)19-31-30/h9-19,29H,5-8H2,1-4H3. The summed E-state index contributed by atoms with van der Waals surface area (Å²) in [6.07, 6.45) is 0.951. The van der Waals surface area contributed by atoms with Gasteiger partial charge in [0.1, 0.15) is 11.5 Å². The number of hydrogen-bond donors (Lipinski definition) is 0. The van der Waals surface area contributed by atoms with E-state index in [4.69, 9.17) is 10.3 Å². The number of rotatable bonds is 9. The average Bonchev–Trinajstić information content (AvgIpc) is 2.88. The van der Waals surface area contributed by atoms with E-state index in [1.54, 1.807) is 6.07 Å². The second kappa shape index (κ2) is 10.6. The predicted octanol–water partition coefficient (Wildman–Crippen LogP) is 6.15. The van der Waals surface area contributed by atoms with E-state index < -0.39 is 0 Å². The zero-order valence-corrected chi connectivity index (χ0v) is 20.9. The largest absolute Gasteiger partial charge is 0.457 e. The summed E-state index contributed by atoms with van der Waals surface area (Å²) in [4.78, 5) is 20.4. The third-order valence-electron chi connectivity index (χ3n) is 6.81. The Morgan fingerprint density at radius 2 is 1.34 bits per heavy atom. The molecule has 3 aromatic rings. The van der Waals surface area contributed by atoms with E-state index in [0.29, 0.717) is 5.56 Å². The lowest BCUT2D eigenvalue weighted by Crippen LogP contribution is -2.23. The number of benzene rings is 3. The van der Waals surface area contributed by atoms with Crippen LogP contribution in [0, 0.1) is 0 Å². The molecular formula is C29H32N4O2. The minimum Gasteiger partial charge on any atom is -0.457 e. The second-order valence-electron chi connectivity index (χ2n) is 8.52. The molecule has 0 saturated heterocycles. The highest BCUT2D eigenvalue weighted by Crippen LogP contribution is 2.50. The van der Waals surface area contributed by atoms with Gasteiger partial charge in [0, 0.05) is 72.3 Å². The summed E-state index contributed by atoms with van der Waals surface area (Å²) in [5, 5.41) is 0. The molecule has 180 valence electrons. The molecule has 6 nitrogen and oxygen atoms in total. The molecule has 0 radical (unpaired) electrons. The monoisotopic (exact) mass is 468 g/mol. The molecule has 0 atom stereocenters. The molecule has 0 aliphatic carbocycles. The molecule has 0 amide bonds. The molecule has 0 unspecified atom stereocenters. The fraction of sp³-hybridized carbons (Fsp3) is 0.310. The molecule has 0 aromatic heterocycles. The Balaban J connectivity index is 1.94. The van der Waals surface area contributed by atoms with Crippen LogP contribution in [0.4, 0.5) is 11.4 Å². The Bertz CT molecular complexity index is 1210. The highest BCUT2D eigenvalue weighted by molar-refractivity contribution is 6.34. The van der Waals surface area contributed by atoms with Crippen molar-refractivity contribution in [3.8, 4) is 11.5 Å². The van der Waals surface area contributed by atoms with Crippen LogP contribution in [0.1, 0.15) is 60.7 Å².